The van der Waals surface area contributed by atoms with Gasteiger partial charge in [-0.2, -0.15) is 0 Å². The van der Waals surface area contributed by atoms with Crippen LogP contribution in [0.3, 0.4) is 0 Å². The van der Waals surface area contributed by atoms with Crippen LogP contribution in [0.15, 0.2) is 11.6 Å². The van der Waals surface area contributed by atoms with Crippen molar-refractivity contribution in [1.82, 2.24) is 4.90 Å². The fourth-order valence-corrected chi connectivity index (χ4v) is 11.6. The Kier molecular flexibility index (Phi) is 4.64. The van der Waals surface area contributed by atoms with Crippen molar-refractivity contribution in [2.24, 2.45) is 45.8 Å². The van der Waals surface area contributed by atoms with Gasteiger partial charge in [0.25, 0.3) is 0 Å². The Labute approximate surface area is 228 Å². The molecule has 0 unspecified atom stereocenters. The highest BCUT2D eigenvalue weighted by atomic mass is 16.6. The van der Waals surface area contributed by atoms with Crippen molar-refractivity contribution in [2.45, 2.75) is 89.6 Å². The van der Waals surface area contributed by atoms with Crippen molar-refractivity contribution in [3.8, 4) is 0 Å². The van der Waals surface area contributed by atoms with E-state index < -0.39 is 63.8 Å². The molecule has 212 valence electrons. The summed E-state index contributed by atoms with van der Waals surface area (Å²) in [7, 11) is 0. The number of hydrogen-bond acceptors (Lipinski definition) is 9. The predicted octanol–water partition coefficient (Wildman–Crippen LogP) is 1.59. The maximum absolute atomic E-state index is 14.6. The molecule has 9 heteroatoms. The van der Waals surface area contributed by atoms with Crippen LogP contribution in [0, 0.1) is 45.8 Å². The first-order valence-corrected chi connectivity index (χ1v) is 14.7. The van der Waals surface area contributed by atoms with E-state index in [0.29, 0.717) is 32.2 Å². The summed E-state index contributed by atoms with van der Waals surface area (Å²) in [6, 6.07) is 0. The van der Waals surface area contributed by atoms with Crippen LogP contribution < -0.4 is 0 Å². The number of allylic oxidation sites excluding steroid dienone is 2. The monoisotopic (exact) mass is 541 g/mol. The molecule has 39 heavy (non-hydrogen) atoms. The standard InChI is InChI=1S/C30H39NO8/c1-14-7-17-21(18(32)8-14)16(3)23(35)24-27(10-20(33)37-12-27)26(4)5-6-28-9-15(2)22(34)19(39-28)11-31(28)30(26)25(36)29(17,24)13-38-30/h8,15-17,19,21-22,24-25,34,36H,5-7,9-13H2,1-4H3/t15-,16-,17-,19+,21+,22-,24-,25+,26+,27-,28+,29+,30-/m1/s1. The minimum atomic E-state index is -1.24. The summed E-state index contributed by atoms with van der Waals surface area (Å²) in [6.45, 7) is 8.58. The molecular formula is C30H39NO8. The van der Waals surface area contributed by atoms with Crippen LogP contribution in [-0.2, 0) is 28.6 Å². The number of nitrogens with zero attached hydrogens (tertiary/aromatic N) is 1. The van der Waals surface area contributed by atoms with Crippen molar-refractivity contribution in [1.29, 1.82) is 0 Å². The number of hydrogen-bond donors (Lipinski definition) is 2. The zero-order valence-electron chi connectivity index (χ0n) is 23.1. The minimum absolute atomic E-state index is 0.0222. The third kappa shape index (κ3) is 2.41. The quantitative estimate of drug-likeness (QED) is 0.440. The molecule has 5 saturated heterocycles. The summed E-state index contributed by atoms with van der Waals surface area (Å²) in [4.78, 5) is 43.2. The van der Waals surface area contributed by atoms with Gasteiger partial charge in [0.1, 0.15) is 17.6 Å². The van der Waals surface area contributed by atoms with Crippen LogP contribution >= 0.6 is 0 Å². The molecule has 0 amide bonds. The number of aliphatic hydroxyl groups excluding tert-OH is 2. The molecule has 2 saturated carbocycles. The number of Topliss-reactive ketones (excluding diaryl/α,β-unsaturated/α-hetero) is 1. The number of carbonyl (C=O) groups excluding carboxylic acids is 3. The van der Waals surface area contributed by atoms with Crippen LogP contribution in [0.5, 0.6) is 0 Å². The van der Waals surface area contributed by atoms with Gasteiger partial charge in [-0.3, -0.25) is 14.4 Å². The van der Waals surface area contributed by atoms with E-state index in [4.69, 9.17) is 14.2 Å². The van der Waals surface area contributed by atoms with Gasteiger partial charge in [0.05, 0.1) is 31.8 Å². The highest BCUT2D eigenvalue weighted by molar-refractivity contribution is 6.00. The van der Waals surface area contributed by atoms with Crippen LogP contribution in [0.25, 0.3) is 0 Å². The van der Waals surface area contributed by atoms with Crippen molar-refractivity contribution < 1.29 is 38.8 Å². The number of fused-ring (bicyclic) bond motifs is 4. The van der Waals surface area contributed by atoms with E-state index in [1.165, 1.54) is 0 Å². The lowest BCUT2D eigenvalue weighted by Gasteiger charge is -2.72. The Bertz CT molecular complexity index is 1250. The zero-order valence-corrected chi connectivity index (χ0v) is 23.1. The zero-order chi connectivity index (χ0) is 27.5. The van der Waals surface area contributed by atoms with Gasteiger partial charge in [0, 0.05) is 40.5 Å². The molecule has 0 aromatic carbocycles. The van der Waals surface area contributed by atoms with E-state index in [2.05, 4.69) is 11.8 Å². The van der Waals surface area contributed by atoms with Gasteiger partial charge in [0.15, 0.2) is 11.5 Å². The largest absolute Gasteiger partial charge is 0.465 e. The SMILES string of the molecule is CC1=CC(=O)[C@@H]2[C@@H](C1)[C@]13CO[C@@]4([C@H]1O)N1C[C@@H]5O[C@@]1(CC[C@@]4(C)[C@]1(COC(=O)C1)[C@H]3C(=O)[C@@H]2C)C[C@@H](C)[C@H]5O. The third-order valence-electron chi connectivity index (χ3n) is 13.3. The van der Waals surface area contributed by atoms with Gasteiger partial charge in [-0.05, 0) is 50.5 Å². The molecule has 0 aromatic heterocycles. The van der Waals surface area contributed by atoms with Gasteiger partial charge >= 0.3 is 5.97 Å². The summed E-state index contributed by atoms with van der Waals surface area (Å²) in [5.41, 5.74) is -3.71. The Morgan fingerprint density at radius 2 is 1.87 bits per heavy atom. The van der Waals surface area contributed by atoms with Gasteiger partial charge in [-0.1, -0.05) is 26.3 Å². The minimum Gasteiger partial charge on any atom is -0.465 e. The van der Waals surface area contributed by atoms with Gasteiger partial charge in [0.2, 0.25) is 0 Å². The highest BCUT2D eigenvalue weighted by Gasteiger charge is 2.89. The summed E-state index contributed by atoms with van der Waals surface area (Å²) in [5, 5.41) is 23.9. The number of carbonyl (C=O) groups is 3. The molecule has 5 heterocycles. The Balaban J connectivity index is 1.39. The topological polar surface area (TPSA) is 123 Å². The van der Waals surface area contributed by atoms with E-state index in [9.17, 15) is 24.6 Å². The van der Waals surface area contributed by atoms with Crippen LogP contribution in [-0.4, -0.2) is 82.2 Å². The average molecular weight is 542 g/mol. The van der Waals surface area contributed by atoms with Crippen LogP contribution in [0.4, 0.5) is 0 Å². The maximum atomic E-state index is 14.6. The third-order valence-corrected chi connectivity index (χ3v) is 13.3. The molecule has 0 aromatic rings. The number of ether oxygens (including phenoxy) is 3. The van der Waals surface area contributed by atoms with Gasteiger partial charge in [-0.15, -0.1) is 0 Å². The van der Waals surface area contributed by atoms with E-state index in [1.54, 1.807) is 6.08 Å². The fraction of sp³-hybridized carbons (Fsp3) is 0.833. The molecule has 13 atom stereocenters. The van der Waals surface area contributed by atoms with E-state index in [1.807, 2.05) is 20.8 Å². The second-order valence-electron chi connectivity index (χ2n) is 14.6. The van der Waals surface area contributed by atoms with Crippen molar-refractivity contribution >= 4 is 17.5 Å². The number of aliphatic hydroxyl groups is 2. The second kappa shape index (κ2) is 7.21. The number of ketones is 2. The number of esters is 1. The molecule has 5 aliphatic heterocycles. The second-order valence-corrected chi connectivity index (χ2v) is 14.6. The summed E-state index contributed by atoms with van der Waals surface area (Å²) >= 11 is 0. The number of rotatable bonds is 0. The summed E-state index contributed by atoms with van der Waals surface area (Å²) in [5.74, 6) is -2.39. The lowest BCUT2D eigenvalue weighted by Crippen LogP contribution is -2.83. The lowest BCUT2D eigenvalue weighted by molar-refractivity contribution is -0.365. The van der Waals surface area contributed by atoms with Crippen LogP contribution in [0.1, 0.15) is 59.8 Å². The first-order chi connectivity index (χ1) is 18.4. The number of piperidine rings is 1. The highest BCUT2D eigenvalue weighted by Crippen LogP contribution is 2.80. The molecule has 8 aliphatic rings. The van der Waals surface area contributed by atoms with E-state index in [0.717, 1.165) is 5.57 Å². The molecular weight excluding hydrogens is 502 g/mol. The normalized spacial score (nSPS) is 59.4. The molecule has 3 aliphatic carbocycles. The van der Waals surface area contributed by atoms with Gasteiger partial charge < -0.3 is 24.4 Å². The first kappa shape index (κ1) is 25.1. The van der Waals surface area contributed by atoms with Crippen LogP contribution in [0.2, 0.25) is 0 Å². The molecule has 8 rings (SSSR count). The summed E-state index contributed by atoms with van der Waals surface area (Å²) < 4.78 is 19.4. The molecule has 2 N–H and O–H groups in total. The Morgan fingerprint density at radius 1 is 1.10 bits per heavy atom. The van der Waals surface area contributed by atoms with Gasteiger partial charge in [-0.25, -0.2) is 4.90 Å². The Morgan fingerprint density at radius 3 is 2.59 bits per heavy atom. The Hall–Kier alpha value is -1.65. The van der Waals surface area contributed by atoms with E-state index >= 15 is 0 Å². The van der Waals surface area contributed by atoms with Crippen molar-refractivity contribution in [3.05, 3.63) is 11.6 Å². The molecule has 4 spiro atoms. The molecule has 0 radical (unpaired) electrons. The fourth-order valence-electron chi connectivity index (χ4n) is 11.6. The number of cyclic esters (lactones) is 1. The maximum Gasteiger partial charge on any atom is 0.306 e. The first-order valence-electron chi connectivity index (χ1n) is 14.7. The van der Waals surface area contributed by atoms with Crippen molar-refractivity contribution in [2.75, 3.05) is 19.8 Å². The lowest BCUT2D eigenvalue weighted by atomic mass is 9.33. The smallest absolute Gasteiger partial charge is 0.306 e. The van der Waals surface area contributed by atoms with E-state index in [-0.39, 0.29) is 49.0 Å². The van der Waals surface area contributed by atoms with Crippen molar-refractivity contribution in [3.63, 3.8) is 0 Å². The molecule has 4 bridgehead atoms. The predicted molar refractivity (Wildman–Crippen MR) is 135 cm³/mol. The average Bonchev–Trinajstić information content (AvgIpc) is 3.51. The molecule has 9 nitrogen and oxygen atoms in total. The summed E-state index contributed by atoms with van der Waals surface area (Å²) in [6.07, 6.45) is 2.11. The molecule has 7 fully saturated rings.